The molecule has 1 heterocycles. The molecule has 1 rings (SSSR count). The van der Waals surface area contributed by atoms with Crippen molar-refractivity contribution in [2.45, 2.75) is 26.2 Å². The van der Waals surface area contributed by atoms with Gasteiger partial charge in [-0.2, -0.15) is 0 Å². The predicted molar refractivity (Wildman–Crippen MR) is 39.6 cm³/mol. The average molecular weight is 140 g/mol. The molecule has 1 aromatic rings. The first-order valence-corrected chi connectivity index (χ1v) is 3.22. The van der Waals surface area contributed by atoms with Crippen molar-refractivity contribution in [2.24, 2.45) is 0 Å². The quantitative estimate of drug-likeness (QED) is 0.594. The first-order chi connectivity index (χ1) is 4.52. The van der Waals surface area contributed by atoms with Gasteiger partial charge in [0, 0.05) is 5.56 Å². The maximum absolute atomic E-state index is 5.50. The first-order valence-electron chi connectivity index (χ1n) is 3.22. The van der Waals surface area contributed by atoms with Gasteiger partial charge in [0.1, 0.15) is 0 Å². The van der Waals surface area contributed by atoms with Crippen LogP contribution in [0.15, 0.2) is 10.7 Å². The van der Waals surface area contributed by atoms with Crippen LogP contribution in [0.1, 0.15) is 26.3 Å². The van der Waals surface area contributed by atoms with Crippen LogP contribution in [-0.2, 0) is 5.41 Å². The van der Waals surface area contributed by atoms with Gasteiger partial charge in [-0.3, -0.25) is 0 Å². The smallest absolute Gasteiger partial charge is 0.225 e. The maximum Gasteiger partial charge on any atom is 0.225 e. The van der Waals surface area contributed by atoms with Gasteiger partial charge in [0.05, 0.1) is 6.20 Å². The van der Waals surface area contributed by atoms with E-state index in [9.17, 15) is 0 Å². The molecule has 3 nitrogen and oxygen atoms in total. The van der Waals surface area contributed by atoms with Crippen LogP contribution in [0.2, 0.25) is 0 Å². The second-order valence-corrected chi connectivity index (χ2v) is 3.35. The molecule has 0 spiro atoms. The van der Waals surface area contributed by atoms with Gasteiger partial charge in [0.15, 0.2) is 0 Å². The summed E-state index contributed by atoms with van der Waals surface area (Å²) in [5.74, 6) is 0.424. The van der Waals surface area contributed by atoms with Gasteiger partial charge in [0.2, 0.25) is 5.88 Å². The average Bonchev–Trinajstić information content (AvgIpc) is 2.11. The van der Waals surface area contributed by atoms with Crippen LogP contribution >= 0.6 is 0 Å². The lowest BCUT2D eigenvalue weighted by Gasteiger charge is -2.14. The molecule has 0 saturated carbocycles. The Labute approximate surface area is 60.2 Å². The Morgan fingerprint density at radius 3 is 2.30 bits per heavy atom. The third kappa shape index (κ3) is 1.12. The van der Waals surface area contributed by atoms with E-state index in [0.29, 0.717) is 5.88 Å². The van der Waals surface area contributed by atoms with Crippen LogP contribution in [0.4, 0.5) is 5.88 Å². The Balaban J connectivity index is 3.05. The van der Waals surface area contributed by atoms with Crippen molar-refractivity contribution in [3.8, 4) is 0 Å². The molecule has 0 bridgehead atoms. The molecule has 0 unspecified atom stereocenters. The van der Waals surface area contributed by atoms with Crippen LogP contribution in [-0.4, -0.2) is 5.16 Å². The summed E-state index contributed by atoms with van der Waals surface area (Å²) >= 11 is 0. The Kier molecular flexibility index (Phi) is 1.43. The number of hydrogen-bond acceptors (Lipinski definition) is 3. The van der Waals surface area contributed by atoms with Crippen LogP contribution in [0.25, 0.3) is 0 Å². The maximum atomic E-state index is 5.50. The summed E-state index contributed by atoms with van der Waals surface area (Å²) in [6.45, 7) is 6.20. The molecule has 3 heteroatoms. The number of nitrogens with two attached hydrogens (primary N) is 1. The molecule has 0 atom stereocenters. The molecule has 0 aliphatic carbocycles. The Hall–Kier alpha value is -0.990. The van der Waals surface area contributed by atoms with E-state index < -0.39 is 0 Å². The van der Waals surface area contributed by atoms with E-state index in [1.165, 1.54) is 0 Å². The fraction of sp³-hybridized carbons (Fsp3) is 0.571. The molecular formula is C7H12N2O. The summed E-state index contributed by atoms with van der Waals surface area (Å²) in [6.07, 6.45) is 1.66. The zero-order valence-electron chi connectivity index (χ0n) is 6.51. The van der Waals surface area contributed by atoms with Gasteiger partial charge in [0.25, 0.3) is 0 Å². The van der Waals surface area contributed by atoms with E-state index >= 15 is 0 Å². The molecule has 0 radical (unpaired) electrons. The monoisotopic (exact) mass is 140 g/mol. The number of hydrogen-bond donors (Lipinski definition) is 1. The van der Waals surface area contributed by atoms with E-state index in [2.05, 4.69) is 25.9 Å². The van der Waals surface area contributed by atoms with Crippen molar-refractivity contribution >= 4 is 5.88 Å². The van der Waals surface area contributed by atoms with Crippen LogP contribution < -0.4 is 5.73 Å². The zero-order chi connectivity index (χ0) is 7.78. The second kappa shape index (κ2) is 2.01. The fourth-order valence-corrected chi connectivity index (χ4v) is 0.812. The Bertz CT molecular complexity index is 222. The zero-order valence-corrected chi connectivity index (χ0v) is 6.51. The molecule has 0 aliphatic heterocycles. The minimum Gasteiger partial charge on any atom is -0.367 e. The summed E-state index contributed by atoms with van der Waals surface area (Å²) in [5, 5.41) is 3.59. The molecule has 0 amide bonds. The highest BCUT2D eigenvalue weighted by Gasteiger charge is 2.19. The largest absolute Gasteiger partial charge is 0.367 e. The van der Waals surface area contributed by atoms with Crippen molar-refractivity contribution in [1.29, 1.82) is 0 Å². The Morgan fingerprint density at radius 1 is 1.50 bits per heavy atom. The minimum absolute atomic E-state index is 0.0318. The molecular weight excluding hydrogens is 128 g/mol. The summed E-state index contributed by atoms with van der Waals surface area (Å²) in [5.41, 5.74) is 6.49. The van der Waals surface area contributed by atoms with Crippen LogP contribution in [0.5, 0.6) is 0 Å². The number of nitrogen functional groups attached to an aromatic ring is 1. The van der Waals surface area contributed by atoms with Crippen molar-refractivity contribution in [3.05, 3.63) is 11.8 Å². The standard InChI is InChI=1S/C7H12N2O/c1-7(2,3)5-4-9-10-6(5)8/h4H,8H2,1-3H3. The summed E-state index contributed by atoms with van der Waals surface area (Å²) < 4.78 is 4.72. The first kappa shape index (κ1) is 7.12. The predicted octanol–water partition coefficient (Wildman–Crippen LogP) is 1.55. The Morgan fingerprint density at radius 2 is 2.10 bits per heavy atom. The normalized spacial score (nSPS) is 11.9. The van der Waals surface area contributed by atoms with Gasteiger partial charge < -0.3 is 10.3 Å². The lowest BCUT2D eigenvalue weighted by Crippen LogP contribution is -2.11. The molecule has 10 heavy (non-hydrogen) atoms. The van der Waals surface area contributed by atoms with E-state index in [1.54, 1.807) is 6.20 Å². The highest BCUT2D eigenvalue weighted by atomic mass is 16.5. The van der Waals surface area contributed by atoms with Crippen molar-refractivity contribution < 1.29 is 4.52 Å². The highest BCUT2D eigenvalue weighted by Crippen LogP contribution is 2.26. The van der Waals surface area contributed by atoms with E-state index in [4.69, 9.17) is 10.3 Å². The molecule has 56 valence electrons. The molecule has 0 fully saturated rings. The lowest BCUT2D eigenvalue weighted by atomic mass is 9.89. The number of aromatic nitrogens is 1. The van der Waals surface area contributed by atoms with E-state index in [-0.39, 0.29) is 5.41 Å². The highest BCUT2D eigenvalue weighted by molar-refractivity contribution is 5.38. The van der Waals surface area contributed by atoms with Gasteiger partial charge in [-0.1, -0.05) is 25.9 Å². The summed E-state index contributed by atoms with van der Waals surface area (Å²) in [4.78, 5) is 0. The van der Waals surface area contributed by atoms with Crippen LogP contribution in [0, 0.1) is 0 Å². The summed E-state index contributed by atoms with van der Waals surface area (Å²) in [7, 11) is 0. The van der Waals surface area contributed by atoms with Crippen molar-refractivity contribution in [3.63, 3.8) is 0 Å². The second-order valence-electron chi connectivity index (χ2n) is 3.35. The van der Waals surface area contributed by atoms with E-state index in [0.717, 1.165) is 5.56 Å². The van der Waals surface area contributed by atoms with Gasteiger partial charge in [-0.25, -0.2) is 0 Å². The molecule has 0 aliphatic rings. The molecule has 1 aromatic heterocycles. The fourth-order valence-electron chi connectivity index (χ4n) is 0.812. The molecule has 2 N–H and O–H groups in total. The van der Waals surface area contributed by atoms with Gasteiger partial charge in [-0.05, 0) is 5.41 Å². The van der Waals surface area contributed by atoms with Crippen molar-refractivity contribution in [1.82, 2.24) is 5.16 Å². The van der Waals surface area contributed by atoms with Gasteiger partial charge in [-0.15, -0.1) is 0 Å². The molecule has 0 saturated heterocycles. The molecule has 0 aromatic carbocycles. The van der Waals surface area contributed by atoms with Crippen molar-refractivity contribution in [2.75, 3.05) is 5.73 Å². The van der Waals surface area contributed by atoms with Crippen LogP contribution in [0.3, 0.4) is 0 Å². The summed E-state index contributed by atoms with van der Waals surface area (Å²) in [6, 6.07) is 0. The lowest BCUT2D eigenvalue weighted by molar-refractivity contribution is 0.434. The topological polar surface area (TPSA) is 52.0 Å². The van der Waals surface area contributed by atoms with Gasteiger partial charge >= 0.3 is 0 Å². The third-order valence-corrected chi connectivity index (χ3v) is 1.41. The third-order valence-electron chi connectivity index (χ3n) is 1.41. The number of nitrogens with zero attached hydrogens (tertiary/aromatic N) is 1. The number of rotatable bonds is 0. The minimum atomic E-state index is 0.0318. The number of anilines is 1. The SMILES string of the molecule is CC(C)(C)c1cnoc1N. The van der Waals surface area contributed by atoms with E-state index in [1.807, 2.05) is 0 Å².